The number of allylic oxidation sites excluding steroid dienone is 2. The predicted octanol–water partition coefficient (Wildman–Crippen LogP) is 2.53. The van der Waals surface area contributed by atoms with Gasteiger partial charge in [-0.1, -0.05) is 29.7 Å². The van der Waals surface area contributed by atoms with Gasteiger partial charge in [0.1, 0.15) is 0 Å². The molecule has 0 saturated heterocycles. The second-order valence-corrected chi connectivity index (χ2v) is 4.46. The minimum absolute atomic E-state index is 0.105. The maximum Gasteiger partial charge on any atom is 0.216 e. The summed E-state index contributed by atoms with van der Waals surface area (Å²) in [4.78, 5) is 23.6. The van der Waals surface area contributed by atoms with Crippen LogP contribution in [0.2, 0.25) is 0 Å². The minimum Gasteiger partial charge on any atom is -0.294 e. The largest absolute Gasteiger partial charge is 0.294 e. The summed E-state index contributed by atoms with van der Waals surface area (Å²) < 4.78 is 0. The lowest BCUT2D eigenvalue weighted by atomic mass is 9.86. The van der Waals surface area contributed by atoms with Crippen molar-refractivity contribution in [2.45, 2.75) is 19.8 Å². The first-order chi connectivity index (χ1) is 8.66. The van der Waals surface area contributed by atoms with Gasteiger partial charge >= 0.3 is 0 Å². The molecule has 2 nitrogen and oxygen atoms in total. The van der Waals surface area contributed by atoms with E-state index in [1.165, 1.54) is 0 Å². The van der Waals surface area contributed by atoms with Crippen LogP contribution >= 0.6 is 0 Å². The smallest absolute Gasteiger partial charge is 0.216 e. The molecule has 2 heteroatoms. The van der Waals surface area contributed by atoms with Gasteiger partial charge in [0.25, 0.3) is 0 Å². The van der Waals surface area contributed by atoms with Gasteiger partial charge in [-0.3, -0.25) is 9.59 Å². The number of carbonyl (C=O) groups is 2. The Morgan fingerprint density at radius 1 is 1.28 bits per heavy atom. The number of ketones is 2. The van der Waals surface area contributed by atoms with Gasteiger partial charge in [0.2, 0.25) is 5.78 Å². The first-order valence-corrected chi connectivity index (χ1v) is 5.99. The van der Waals surface area contributed by atoms with Crippen molar-refractivity contribution in [3.63, 3.8) is 0 Å². The van der Waals surface area contributed by atoms with Gasteiger partial charge in [0, 0.05) is 5.56 Å². The summed E-state index contributed by atoms with van der Waals surface area (Å²) >= 11 is 0. The summed E-state index contributed by atoms with van der Waals surface area (Å²) in [5, 5.41) is 0. The monoisotopic (exact) mass is 238 g/mol. The van der Waals surface area contributed by atoms with Crippen LogP contribution in [-0.4, -0.2) is 11.6 Å². The fraction of sp³-hybridized carbons (Fsp3) is 0.250. The molecule has 0 N–H and O–H groups in total. The number of benzene rings is 1. The molecule has 0 amide bonds. The van der Waals surface area contributed by atoms with E-state index in [4.69, 9.17) is 0 Å². The molecule has 0 radical (unpaired) electrons. The van der Waals surface area contributed by atoms with E-state index in [9.17, 15) is 9.59 Å². The molecule has 0 bridgehead atoms. The predicted molar refractivity (Wildman–Crippen MR) is 69.8 cm³/mol. The van der Waals surface area contributed by atoms with Crippen molar-refractivity contribution in [1.82, 2.24) is 0 Å². The van der Waals surface area contributed by atoms with Crippen molar-refractivity contribution in [3.05, 3.63) is 47.5 Å². The van der Waals surface area contributed by atoms with E-state index in [-0.39, 0.29) is 11.6 Å². The van der Waals surface area contributed by atoms with Crippen molar-refractivity contribution < 1.29 is 9.59 Å². The normalized spacial score (nSPS) is 18.6. The van der Waals surface area contributed by atoms with Gasteiger partial charge in [-0.25, -0.2) is 0 Å². The average molecular weight is 238 g/mol. The molecule has 1 unspecified atom stereocenters. The second kappa shape index (κ2) is 5.46. The molecule has 1 aromatic carbocycles. The highest BCUT2D eigenvalue weighted by molar-refractivity contribution is 6.14. The first-order valence-electron chi connectivity index (χ1n) is 5.99. The van der Waals surface area contributed by atoms with E-state index < -0.39 is 5.92 Å². The fourth-order valence-electron chi connectivity index (χ4n) is 1.93. The lowest BCUT2D eigenvalue weighted by molar-refractivity contribution is -0.127. The van der Waals surface area contributed by atoms with Crippen LogP contribution in [0.3, 0.4) is 0 Å². The third-order valence-electron chi connectivity index (χ3n) is 2.98. The van der Waals surface area contributed by atoms with Crippen LogP contribution in [-0.2, 0) is 9.59 Å². The zero-order chi connectivity index (χ0) is 13.0. The van der Waals surface area contributed by atoms with Crippen LogP contribution in [0.25, 0.3) is 0 Å². The summed E-state index contributed by atoms with van der Waals surface area (Å²) in [6, 6.07) is 9.31. The molecular formula is C16H14O2. The first kappa shape index (κ1) is 12.3. The topological polar surface area (TPSA) is 34.1 Å². The molecule has 1 aliphatic rings. The molecule has 90 valence electrons. The van der Waals surface area contributed by atoms with Gasteiger partial charge in [-0.15, -0.1) is 0 Å². The molecule has 0 aromatic heterocycles. The maximum absolute atomic E-state index is 11.9. The summed E-state index contributed by atoms with van der Waals surface area (Å²) in [6.07, 6.45) is 2.95. The number of Topliss-reactive ketones (excluding diaryl/α,β-unsaturated/α-hetero) is 1. The number of hydrogen-bond donors (Lipinski definition) is 0. The van der Waals surface area contributed by atoms with Gasteiger partial charge < -0.3 is 0 Å². The quantitative estimate of drug-likeness (QED) is 0.556. The molecule has 18 heavy (non-hydrogen) atoms. The van der Waals surface area contributed by atoms with Gasteiger partial charge in [-0.2, -0.15) is 0 Å². The molecule has 0 aliphatic heterocycles. The van der Waals surface area contributed by atoms with E-state index in [0.717, 1.165) is 17.6 Å². The van der Waals surface area contributed by atoms with Gasteiger partial charge in [0.05, 0.1) is 5.92 Å². The van der Waals surface area contributed by atoms with Crippen molar-refractivity contribution in [3.8, 4) is 11.8 Å². The molecule has 0 saturated carbocycles. The molecular weight excluding hydrogens is 224 g/mol. The van der Waals surface area contributed by atoms with E-state index >= 15 is 0 Å². The number of rotatable bonds is 1. The van der Waals surface area contributed by atoms with Crippen LogP contribution in [0.5, 0.6) is 0 Å². The van der Waals surface area contributed by atoms with Crippen LogP contribution < -0.4 is 0 Å². The fourth-order valence-corrected chi connectivity index (χ4v) is 1.93. The van der Waals surface area contributed by atoms with Crippen molar-refractivity contribution >= 4 is 11.6 Å². The SMILES string of the molecule is CC1=CC(=O)C(C(=O)C#Cc2ccccc2)CC1. The Morgan fingerprint density at radius 2 is 2.00 bits per heavy atom. The molecule has 1 atom stereocenters. The summed E-state index contributed by atoms with van der Waals surface area (Å²) in [5.74, 6) is 4.43. The van der Waals surface area contributed by atoms with E-state index in [1.54, 1.807) is 6.08 Å². The van der Waals surface area contributed by atoms with Crippen LogP contribution in [0.1, 0.15) is 25.3 Å². The number of hydrogen-bond acceptors (Lipinski definition) is 2. The van der Waals surface area contributed by atoms with Crippen molar-refractivity contribution in [2.24, 2.45) is 5.92 Å². The molecule has 0 fully saturated rings. The maximum atomic E-state index is 11.9. The molecule has 0 spiro atoms. The van der Waals surface area contributed by atoms with E-state index in [1.807, 2.05) is 37.3 Å². The van der Waals surface area contributed by atoms with Crippen molar-refractivity contribution in [1.29, 1.82) is 0 Å². The standard InChI is InChI=1S/C16H14O2/c1-12-7-9-14(16(18)11-12)15(17)10-8-13-5-3-2-4-6-13/h2-6,11,14H,7,9H2,1H3. The lowest BCUT2D eigenvalue weighted by Crippen LogP contribution is -2.24. The van der Waals surface area contributed by atoms with Crippen molar-refractivity contribution in [2.75, 3.05) is 0 Å². The minimum atomic E-state index is -0.565. The Labute approximate surface area is 107 Å². The molecule has 2 rings (SSSR count). The lowest BCUT2D eigenvalue weighted by Gasteiger charge is -2.15. The van der Waals surface area contributed by atoms with E-state index in [2.05, 4.69) is 11.8 Å². The van der Waals surface area contributed by atoms with Crippen LogP contribution in [0.15, 0.2) is 42.0 Å². The van der Waals surface area contributed by atoms with Gasteiger partial charge in [-0.05, 0) is 43.9 Å². The highest BCUT2D eigenvalue weighted by Gasteiger charge is 2.26. The molecule has 0 heterocycles. The van der Waals surface area contributed by atoms with Gasteiger partial charge in [0.15, 0.2) is 5.78 Å². The Hall–Kier alpha value is -2.14. The van der Waals surface area contributed by atoms with Crippen LogP contribution in [0.4, 0.5) is 0 Å². The number of carbonyl (C=O) groups excluding carboxylic acids is 2. The summed E-state index contributed by atoms with van der Waals surface area (Å²) in [5.41, 5.74) is 1.83. The zero-order valence-electron chi connectivity index (χ0n) is 10.3. The van der Waals surface area contributed by atoms with E-state index in [0.29, 0.717) is 6.42 Å². The highest BCUT2D eigenvalue weighted by atomic mass is 16.1. The Bertz CT molecular complexity index is 556. The zero-order valence-corrected chi connectivity index (χ0v) is 10.3. The summed E-state index contributed by atoms with van der Waals surface area (Å²) in [7, 11) is 0. The molecule has 1 aliphatic carbocycles. The Kier molecular flexibility index (Phi) is 3.74. The Balaban J connectivity index is 2.10. The third kappa shape index (κ3) is 2.95. The Morgan fingerprint density at radius 3 is 2.67 bits per heavy atom. The highest BCUT2D eigenvalue weighted by Crippen LogP contribution is 2.20. The third-order valence-corrected chi connectivity index (χ3v) is 2.98. The summed E-state index contributed by atoms with van der Waals surface area (Å²) in [6.45, 7) is 1.91. The average Bonchev–Trinajstić information content (AvgIpc) is 2.37. The van der Waals surface area contributed by atoms with Crippen LogP contribution in [0, 0.1) is 17.8 Å². The second-order valence-electron chi connectivity index (χ2n) is 4.46. The molecule has 1 aromatic rings.